The summed E-state index contributed by atoms with van der Waals surface area (Å²) in [6, 6.07) is 15.7. The van der Waals surface area contributed by atoms with Gasteiger partial charge in [0.1, 0.15) is 17.3 Å². The molecule has 1 aromatic heterocycles. The van der Waals surface area contributed by atoms with Crippen molar-refractivity contribution in [1.29, 1.82) is 0 Å². The van der Waals surface area contributed by atoms with Gasteiger partial charge in [-0.1, -0.05) is 24.3 Å². The van der Waals surface area contributed by atoms with Gasteiger partial charge in [0.25, 0.3) is 0 Å². The molecule has 1 N–H and O–H groups in total. The zero-order chi connectivity index (χ0) is 17.6. The fraction of sp³-hybridized carbons (Fsp3) is 0.200. The van der Waals surface area contributed by atoms with Gasteiger partial charge in [0.2, 0.25) is 0 Å². The van der Waals surface area contributed by atoms with Gasteiger partial charge in [-0.2, -0.15) is 0 Å². The van der Waals surface area contributed by atoms with Gasteiger partial charge < -0.3 is 14.8 Å². The highest BCUT2D eigenvalue weighted by Crippen LogP contribution is 2.23. The molecule has 2 aromatic carbocycles. The number of ether oxygens (including phenoxy) is 2. The highest BCUT2D eigenvalue weighted by molar-refractivity contribution is 5.60. The van der Waals surface area contributed by atoms with E-state index in [4.69, 9.17) is 9.47 Å². The van der Waals surface area contributed by atoms with Gasteiger partial charge in [-0.15, -0.1) is 0 Å². The molecule has 5 nitrogen and oxygen atoms in total. The Morgan fingerprint density at radius 1 is 0.960 bits per heavy atom. The van der Waals surface area contributed by atoms with Crippen LogP contribution < -0.4 is 14.8 Å². The fourth-order valence-corrected chi connectivity index (χ4v) is 2.45. The maximum absolute atomic E-state index is 5.27. The van der Waals surface area contributed by atoms with Crippen molar-refractivity contribution in [2.24, 2.45) is 0 Å². The monoisotopic (exact) mass is 335 g/mol. The van der Waals surface area contributed by atoms with Gasteiger partial charge in [0.05, 0.1) is 14.2 Å². The van der Waals surface area contributed by atoms with E-state index in [2.05, 4.69) is 15.3 Å². The van der Waals surface area contributed by atoms with Crippen molar-refractivity contribution >= 4 is 5.82 Å². The summed E-state index contributed by atoms with van der Waals surface area (Å²) in [6.07, 6.45) is 1.83. The number of hydrogen-bond donors (Lipinski definition) is 1. The van der Waals surface area contributed by atoms with E-state index < -0.39 is 0 Å². The highest BCUT2D eigenvalue weighted by Gasteiger charge is 2.07. The van der Waals surface area contributed by atoms with Crippen LogP contribution in [0.15, 0.2) is 54.7 Å². The second-order valence-corrected chi connectivity index (χ2v) is 5.66. The van der Waals surface area contributed by atoms with Crippen LogP contribution in [0.5, 0.6) is 11.5 Å². The number of rotatable bonds is 6. The Morgan fingerprint density at radius 2 is 1.72 bits per heavy atom. The van der Waals surface area contributed by atoms with E-state index in [9.17, 15) is 0 Å². The lowest BCUT2D eigenvalue weighted by molar-refractivity contribution is 0.414. The van der Waals surface area contributed by atoms with Crippen molar-refractivity contribution < 1.29 is 9.47 Å². The standard InChI is InChI=1S/C20H21N3O2/c1-14-12-21-20(16-5-4-6-18(11-16)25-3)23-19(14)22-13-15-7-9-17(24-2)10-8-15/h4-12H,13H2,1-3H3,(H,21,22,23). The maximum Gasteiger partial charge on any atom is 0.161 e. The van der Waals surface area contributed by atoms with Crippen molar-refractivity contribution in [1.82, 2.24) is 9.97 Å². The van der Waals surface area contributed by atoms with Crippen molar-refractivity contribution in [2.75, 3.05) is 19.5 Å². The number of hydrogen-bond acceptors (Lipinski definition) is 5. The van der Waals surface area contributed by atoms with E-state index in [0.29, 0.717) is 12.4 Å². The van der Waals surface area contributed by atoms with Crippen molar-refractivity contribution in [2.45, 2.75) is 13.5 Å². The Labute approximate surface area is 147 Å². The number of methoxy groups -OCH3 is 2. The molecule has 0 unspecified atom stereocenters. The second-order valence-electron chi connectivity index (χ2n) is 5.66. The van der Waals surface area contributed by atoms with Crippen LogP contribution in [-0.2, 0) is 6.54 Å². The van der Waals surface area contributed by atoms with Crippen LogP contribution in [-0.4, -0.2) is 24.2 Å². The Balaban J connectivity index is 1.78. The smallest absolute Gasteiger partial charge is 0.161 e. The average Bonchev–Trinajstić information content (AvgIpc) is 2.67. The summed E-state index contributed by atoms with van der Waals surface area (Å²) in [5.74, 6) is 3.13. The van der Waals surface area contributed by atoms with Crippen molar-refractivity contribution in [3.05, 3.63) is 65.9 Å². The maximum atomic E-state index is 5.27. The summed E-state index contributed by atoms with van der Waals surface area (Å²) >= 11 is 0. The van der Waals surface area contributed by atoms with Crippen LogP contribution in [0.1, 0.15) is 11.1 Å². The molecule has 0 radical (unpaired) electrons. The zero-order valence-electron chi connectivity index (χ0n) is 14.6. The van der Waals surface area contributed by atoms with E-state index in [1.54, 1.807) is 14.2 Å². The Hall–Kier alpha value is -3.08. The first-order valence-electron chi connectivity index (χ1n) is 8.04. The molecule has 0 fully saturated rings. The number of benzene rings is 2. The Kier molecular flexibility index (Phi) is 5.14. The SMILES string of the molecule is COc1ccc(CNc2nc(-c3cccc(OC)c3)ncc2C)cc1. The molecule has 1 heterocycles. The van der Waals surface area contributed by atoms with Gasteiger partial charge >= 0.3 is 0 Å². The van der Waals surface area contributed by atoms with Crippen LogP contribution in [0.3, 0.4) is 0 Å². The van der Waals surface area contributed by atoms with E-state index in [1.165, 1.54) is 0 Å². The lowest BCUT2D eigenvalue weighted by Gasteiger charge is -2.11. The van der Waals surface area contributed by atoms with Crippen LogP contribution in [0.25, 0.3) is 11.4 Å². The van der Waals surface area contributed by atoms with Crippen LogP contribution >= 0.6 is 0 Å². The van der Waals surface area contributed by atoms with Gasteiger partial charge in [0, 0.05) is 23.9 Å². The Morgan fingerprint density at radius 3 is 2.44 bits per heavy atom. The molecule has 0 amide bonds. The molecule has 0 aliphatic rings. The average molecular weight is 335 g/mol. The van der Waals surface area contributed by atoms with E-state index >= 15 is 0 Å². The molecule has 3 rings (SSSR count). The number of aryl methyl sites for hydroxylation is 1. The molecule has 25 heavy (non-hydrogen) atoms. The van der Waals surface area contributed by atoms with Gasteiger partial charge in [0.15, 0.2) is 5.82 Å². The summed E-state index contributed by atoms with van der Waals surface area (Å²) in [7, 11) is 3.31. The van der Waals surface area contributed by atoms with Crippen LogP contribution in [0, 0.1) is 6.92 Å². The zero-order valence-corrected chi connectivity index (χ0v) is 14.6. The second kappa shape index (κ2) is 7.66. The van der Waals surface area contributed by atoms with Crippen molar-refractivity contribution in [3.8, 4) is 22.9 Å². The van der Waals surface area contributed by atoms with E-state index in [1.807, 2.05) is 61.7 Å². The normalized spacial score (nSPS) is 10.4. The van der Waals surface area contributed by atoms with Gasteiger partial charge in [-0.05, 0) is 36.8 Å². The van der Waals surface area contributed by atoms with E-state index in [-0.39, 0.29) is 0 Å². The number of nitrogens with one attached hydrogen (secondary N) is 1. The third kappa shape index (κ3) is 4.07. The first-order valence-corrected chi connectivity index (χ1v) is 8.04. The summed E-state index contributed by atoms with van der Waals surface area (Å²) < 4.78 is 10.5. The molecule has 128 valence electrons. The van der Waals surface area contributed by atoms with Gasteiger partial charge in [-0.25, -0.2) is 9.97 Å². The fourth-order valence-electron chi connectivity index (χ4n) is 2.45. The topological polar surface area (TPSA) is 56.3 Å². The van der Waals surface area contributed by atoms with Crippen LogP contribution in [0.4, 0.5) is 5.82 Å². The third-order valence-electron chi connectivity index (χ3n) is 3.92. The minimum absolute atomic E-state index is 0.668. The molecule has 3 aromatic rings. The summed E-state index contributed by atoms with van der Waals surface area (Å²) in [5, 5.41) is 3.38. The molecule has 0 bridgehead atoms. The molecule has 0 atom stereocenters. The summed E-state index contributed by atoms with van der Waals surface area (Å²) in [6.45, 7) is 2.67. The summed E-state index contributed by atoms with van der Waals surface area (Å²) in [5.41, 5.74) is 3.08. The van der Waals surface area contributed by atoms with E-state index in [0.717, 1.165) is 34.0 Å². The minimum atomic E-state index is 0.668. The summed E-state index contributed by atoms with van der Waals surface area (Å²) in [4.78, 5) is 9.10. The van der Waals surface area contributed by atoms with Crippen molar-refractivity contribution in [3.63, 3.8) is 0 Å². The molecule has 0 aliphatic heterocycles. The third-order valence-corrected chi connectivity index (χ3v) is 3.92. The molecule has 0 spiro atoms. The molecular formula is C20H21N3O2. The highest BCUT2D eigenvalue weighted by atomic mass is 16.5. The minimum Gasteiger partial charge on any atom is -0.497 e. The largest absolute Gasteiger partial charge is 0.497 e. The lowest BCUT2D eigenvalue weighted by Crippen LogP contribution is -2.05. The predicted molar refractivity (Wildman–Crippen MR) is 99.1 cm³/mol. The quantitative estimate of drug-likeness (QED) is 0.735. The number of aromatic nitrogens is 2. The number of nitrogens with zero attached hydrogens (tertiary/aromatic N) is 2. The van der Waals surface area contributed by atoms with Gasteiger partial charge in [-0.3, -0.25) is 0 Å². The molecular weight excluding hydrogens is 314 g/mol. The lowest BCUT2D eigenvalue weighted by atomic mass is 10.2. The molecule has 0 saturated heterocycles. The predicted octanol–water partition coefficient (Wildman–Crippen LogP) is 4.08. The van der Waals surface area contributed by atoms with Crippen LogP contribution in [0.2, 0.25) is 0 Å². The first-order chi connectivity index (χ1) is 12.2. The first kappa shape index (κ1) is 16.8. The molecule has 0 aliphatic carbocycles. The number of anilines is 1. The molecule has 0 saturated carbocycles. The Bertz CT molecular complexity index is 848. The molecule has 5 heteroatoms.